The first-order valence-corrected chi connectivity index (χ1v) is 6.06. The summed E-state index contributed by atoms with van der Waals surface area (Å²) in [4.78, 5) is 4.44. The van der Waals surface area contributed by atoms with Crippen LogP contribution in [0.5, 0.6) is 0 Å². The van der Waals surface area contributed by atoms with E-state index in [2.05, 4.69) is 41.5 Å². The number of para-hydroxylation sites is 1. The molecule has 3 heteroatoms. The van der Waals surface area contributed by atoms with Gasteiger partial charge in [0.1, 0.15) is 0 Å². The third-order valence-corrected chi connectivity index (χ3v) is 3.35. The minimum absolute atomic E-state index is 0.272. The Morgan fingerprint density at radius 1 is 1.29 bits per heavy atom. The van der Waals surface area contributed by atoms with Crippen LogP contribution in [0.3, 0.4) is 0 Å². The van der Waals surface area contributed by atoms with Gasteiger partial charge < -0.3 is 10.1 Å². The normalized spacial score (nSPS) is 24.1. The van der Waals surface area contributed by atoms with Crippen LogP contribution in [-0.4, -0.2) is 23.7 Å². The average Bonchev–Trinajstić information content (AvgIpc) is 2.76. The highest BCUT2D eigenvalue weighted by molar-refractivity contribution is 5.90. The summed E-state index contributed by atoms with van der Waals surface area (Å²) in [5.74, 6) is 0. The highest BCUT2D eigenvalue weighted by Gasteiger charge is 2.24. The maximum atomic E-state index is 5.57. The number of nitrogens with zero attached hydrogens (tertiary/aromatic N) is 1. The van der Waals surface area contributed by atoms with Gasteiger partial charge in [-0.1, -0.05) is 18.2 Å². The molecule has 3 nitrogen and oxygen atoms in total. The van der Waals surface area contributed by atoms with Crippen LogP contribution in [0.1, 0.15) is 13.3 Å². The van der Waals surface area contributed by atoms with Crippen molar-refractivity contribution in [1.29, 1.82) is 0 Å². The third-order valence-electron chi connectivity index (χ3n) is 3.35. The predicted molar refractivity (Wildman–Crippen MR) is 69.2 cm³/mol. The van der Waals surface area contributed by atoms with Gasteiger partial charge in [0.15, 0.2) is 0 Å². The number of hydrogen-bond donors (Lipinski definition) is 1. The van der Waals surface area contributed by atoms with Gasteiger partial charge in [-0.25, -0.2) is 0 Å². The van der Waals surface area contributed by atoms with Crippen LogP contribution in [0.4, 0.5) is 5.69 Å². The first-order chi connectivity index (χ1) is 8.34. The SMILES string of the molecule is CC1OCCC1Nc1cccc2cccnc12. The molecule has 0 spiro atoms. The summed E-state index contributed by atoms with van der Waals surface area (Å²) in [6.45, 7) is 2.96. The molecule has 1 aromatic heterocycles. The third kappa shape index (κ3) is 1.98. The van der Waals surface area contributed by atoms with E-state index in [1.807, 2.05) is 12.3 Å². The Balaban J connectivity index is 1.94. The number of ether oxygens (including phenoxy) is 1. The number of fused-ring (bicyclic) bond motifs is 1. The summed E-state index contributed by atoms with van der Waals surface area (Å²) >= 11 is 0. The molecule has 0 radical (unpaired) electrons. The highest BCUT2D eigenvalue weighted by atomic mass is 16.5. The molecule has 1 saturated heterocycles. The Labute approximate surface area is 101 Å². The topological polar surface area (TPSA) is 34.1 Å². The summed E-state index contributed by atoms with van der Waals surface area (Å²) < 4.78 is 5.57. The molecule has 1 aliphatic rings. The molecule has 1 aromatic carbocycles. The Kier molecular flexibility index (Phi) is 2.69. The fraction of sp³-hybridized carbons (Fsp3) is 0.357. The number of aromatic nitrogens is 1. The highest BCUT2D eigenvalue weighted by Crippen LogP contribution is 2.24. The Morgan fingerprint density at radius 2 is 2.18 bits per heavy atom. The van der Waals surface area contributed by atoms with E-state index >= 15 is 0 Å². The van der Waals surface area contributed by atoms with E-state index in [1.54, 1.807) is 0 Å². The summed E-state index contributed by atoms with van der Waals surface area (Å²) in [5.41, 5.74) is 2.14. The number of nitrogens with one attached hydrogen (secondary N) is 1. The van der Waals surface area contributed by atoms with Crippen LogP contribution in [0.15, 0.2) is 36.5 Å². The zero-order valence-electron chi connectivity index (χ0n) is 9.89. The fourth-order valence-electron chi connectivity index (χ4n) is 2.34. The number of rotatable bonds is 2. The van der Waals surface area contributed by atoms with Crippen molar-refractivity contribution in [3.63, 3.8) is 0 Å². The molecular weight excluding hydrogens is 212 g/mol. The zero-order valence-corrected chi connectivity index (χ0v) is 9.89. The molecule has 2 atom stereocenters. The lowest BCUT2D eigenvalue weighted by Gasteiger charge is -2.18. The van der Waals surface area contributed by atoms with Gasteiger partial charge >= 0.3 is 0 Å². The van der Waals surface area contributed by atoms with E-state index < -0.39 is 0 Å². The van der Waals surface area contributed by atoms with Gasteiger partial charge in [-0.05, 0) is 25.5 Å². The number of anilines is 1. The molecule has 1 N–H and O–H groups in total. The van der Waals surface area contributed by atoms with E-state index in [4.69, 9.17) is 4.74 Å². The smallest absolute Gasteiger partial charge is 0.0933 e. The van der Waals surface area contributed by atoms with Crippen LogP contribution in [0.25, 0.3) is 10.9 Å². The largest absolute Gasteiger partial charge is 0.378 e. The van der Waals surface area contributed by atoms with Crippen LogP contribution >= 0.6 is 0 Å². The molecule has 0 amide bonds. The van der Waals surface area contributed by atoms with Gasteiger partial charge in [-0.3, -0.25) is 4.98 Å². The molecule has 1 fully saturated rings. The summed E-state index contributed by atoms with van der Waals surface area (Å²) in [6.07, 6.45) is 3.17. The molecule has 1 aliphatic heterocycles. The summed E-state index contributed by atoms with van der Waals surface area (Å²) in [6, 6.07) is 10.7. The number of pyridine rings is 1. The maximum Gasteiger partial charge on any atom is 0.0933 e. The van der Waals surface area contributed by atoms with Crippen LogP contribution < -0.4 is 5.32 Å². The van der Waals surface area contributed by atoms with Crippen molar-refractivity contribution in [3.05, 3.63) is 36.5 Å². The second-order valence-electron chi connectivity index (χ2n) is 4.50. The van der Waals surface area contributed by atoms with Gasteiger partial charge in [0.25, 0.3) is 0 Å². The van der Waals surface area contributed by atoms with Gasteiger partial charge in [-0.15, -0.1) is 0 Å². The van der Waals surface area contributed by atoms with Gasteiger partial charge in [0.05, 0.1) is 23.3 Å². The molecular formula is C14H16N2O. The zero-order chi connectivity index (χ0) is 11.7. The lowest BCUT2D eigenvalue weighted by atomic mass is 10.1. The number of hydrogen-bond acceptors (Lipinski definition) is 3. The molecule has 0 aliphatic carbocycles. The Hall–Kier alpha value is -1.61. The van der Waals surface area contributed by atoms with Crippen molar-refractivity contribution < 1.29 is 4.74 Å². The molecule has 0 bridgehead atoms. The fourth-order valence-corrected chi connectivity index (χ4v) is 2.34. The standard InChI is InChI=1S/C14H16N2O/c1-10-12(7-9-17-10)16-13-6-2-4-11-5-3-8-15-14(11)13/h2-6,8,10,12,16H,7,9H2,1H3. The second kappa shape index (κ2) is 4.34. The van der Waals surface area contributed by atoms with Crippen molar-refractivity contribution in [2.75, 3.05) is 11.9 Å². The molecule has 2 heterocycles. The lowest BCUT2D eigenvalue weighted by molar-refractivity contribution is 0.121. The second-order valence-corrected chi connectivity index (χ2v) is 4.50. The van der Waals surface area contributed by atoms with Crippen molar-refractivity contribution in [2.24, 2.45) is 0 Å². The number of benzene rings is 1. The molecule has 3 rings (SSSR count). The predicted octanol–water partition coefficient (Wildman–Crippen LogP) is 2.82. The van der Waals surface area contributed by atoms with E-state index in [1.165, 1.54) is 5.39 Å². The van der Waals surface area contributed by atoms with Crippen LogP contribution in [-0.2, 0) is 4.74 Å². The van der Waals surface area contributed by atoms with Crippen LogP contribution in [0, 0.1) is 0 Å². The van der Waals surface area contributed by atoms with Gasteiger partial charge in [0, 0.05) is 18.2 Å². The molecule has 2 aromatic rings. The van der Waals surface area contributed by atoms with Crippen molar-refractivity contribution in [3.8, 4) is 0 Å². The first kappa shape index (κ1) is 10.5. The average molecular weight is 228 g/mol. The van der Waals surface area contributed by atoms with Crippen LogP contribution in [0.2, 0.25) is 0 Å². The maximum absolute atomic E-state index is 5.57. The lowest BCUT2D eigenvalue weighted by Crippen LogP contribution is -2.26. The Bertz CT molecular complexity index is 521. The minimum atomic E-state index is 0.272. The van der Waals surface area contributed by atoms with E-state index in [-0.39, 0.29) is 6.10 Å². The summed E-state index contributed by atoms with van der Waals surface area (Å²) in [7, 11) is 0. The van der Waals surface area contributed by atoms with Crippen molar-refractivity contribution >= 4 is 16.6 Å². The molecule has 0 saturated carbocycles. The van der Waals surface area contributed by atoms with Crippen molar-refractivity contribution in [1.82, 2.24) is 4.98 Å². The molecule has 2 unspecified atom stereocenters. The molecule has 17 heavy (non-hydrogen) atoms. The quantitative estimate of drug-likeness (QED) is 0.858. The Morgan fingerprint density at radius 3 is 3.00 bits per heavy atom. The van der Waals surface area contributed by atoms with E-state index in [0.29, 0.717) is 6.04 Å². The minimum Gasteiger partial charge on any atom is -0.378 e. The monoisotopic (exact) mass is 228 g/mol. The molecule has 88 valence electrons. The van der Waals surface area contributed by atoms with Crippen molar-refractivity contribution in [2.45, 2.75) is 25.5 Å². The van der Waals surface area contributed by atoms with Gasteiger partial charge in [-0.2, -0.15) is 0 Å². The van der Waals surface area contributed by atoms with Gasteiger partial charge in [0.2, 0.25) is 0 Å². The van der Waals surface area contributed by atoms with E-state index in [0.717, 1.165) is 24.2 Å². The van der Waals surface area contributed by atoms with E-state index in [9.17, 15) is 0 Å². The first-order valence-electron chi connectivity index (χ1n) is 6.06. The summed E-state index contributed by atoms with van der Waals surface area (Å²) in [5, 5.41) is 4.72.